The van der Waals surface area contributed by atoms with Crippen molar-refractivity contribution in [3.63, 3.8) is 0 Å². The normalized spacial score (nSPS) is 18.1. The fourth-order valence-electron chi connectivity index (χ4n) is 4.24. The summed E-state index contributed by atoms with van der Waals surface area (Å²) in [6.45, 7) is 4.15. The number of amides is 2. The molecular weight excluding hydrogens is 442 g/mol. The highest BCUT2D eigenvalue weighted by Gasteiger charge is 2.49. The number of nitrogens with zero attached hydrogens (tertiary/aromatic N) is 3. The van der Waals surface area contributed by atoms with Crippen LogP contribution in [0.1, 0.15) is 17.7 Å². The molecule has 2 amide bonds. The summed E-state index contributed by atoms with van der Waals surface area (Å²) in [7, 11) is 2.07. The Morgan fingerprint density at radius 3 is 2.46 bits per heavy atom. The molecule has 2 saturated heterocycles. The van der Waals surface area contributed by atoms with E-state index >= 15 is 0 Å². The van der Waals surface area contributed by atoms with E-state index in [1.54, 1.807) is 18.5 Å². The van der Waals surface area contributed by atoms with Crippen LogP contribution in [0.5, 0.6) is 0 Å². The summed E-state index contributed by atoms with van der Waals surface area (Å²) in [4.78, 5) is 23.2. The SMILES string of the molecule is Cc1cc(Nc2cnc(NC(=O)NC3CN(C)C4(COC4)C3)cc2C=N)ccn1.c1ccccc1. The lowest BCUT2D eigenvalue weighted by molar-refractivity contribution is -0.115. The van der Waals surface area contributed by atoms with Crippen LogP contribution in [0.4, 0.5) is 22.0 Å². The predicted molar refractivity (Wildman–Crippen MR) is 138 cm³/mol. The van der Waals surface area contributed by atoms with E-state index in [9.17, 15) is 4.79 Å². The number of anilines is 3. The van der Waals surface area contributed by atoms with Gasteiger partial charge in [-0.2, -0.15) is 0 Å². The first-order valence-corrected chi connectivity index (χ1v) is 11.5. The second-order valence-electron chi connectivity index (χ2n) is 8.86. The minimum Gasteiger partial charge on any atom is -0.377 e. The van der Waals surface area contributed by atoms with Gasteiger partial charge in [-0.25, -0.2) is 9.78 Å². The maximum Gasteiger partial charge on any atom is 0.320 e. The lowest BCUT2D eigenvalue weighted by Gasteiger charge is -2.43. The fraction of sp³-hybridized carbons (Fsp3) is 0.308. The van der Waals surface area contributed by atoms with Crippen LogP contribution in [-0.4, -0.2) is 65.5 Å². The third kappa shape index (κ3) is 6.20. The van der Waals surface area contributed by atoms with E-state index in [0.29, 0.717) is 17.1 Å². The average Bonchev–Trinajstić information content (AvgIpc) is 3.17. The van der Waals surface area contributed by atoms with Crippen molar-refractivity contribution in [3.05, 3.63) is 78.2 Å². The third-order valence-electron chi connectivity index (χ3n) is 6.18. The zero-order valence-electron chi connectivity index (χ0n) is 20.0. The zero-order chi connectivity index (χ0) is 24.7. The van der Waals surface area contributed by atoms with Gasteiger partial charge in [0, 0.05) is 41.9 Å². The summed E-state index contributed by atoms with van der Waals surface area (Å²) in [5, 5.41) is 16.7. The topological polar surface area (TPSA) is 115 Å². The minimum atomic E-state index is -0.297. The first-order chi connectivity index (χ1) is 17.0. The number of aryl methyl sites for hydroxylation is 1. The molecule has 2 aromatic heterocycles. The molecule has 2 aliphatic rings. The van der Waals surface area contributed by atoms with Gasteiger partial charge in [0.2, 0.25) is 0 Å². The van der Waals surface area contributed by atoms with Crippen molar-refractivity contribution >= 4 is 29.4 Å². The molecule has 1 aromatic carbocycles. The number of ether oxygens (including phenoxy) is 1. The molecule has 9 nitrogen and oxygen atoms in total. The van der Waals surface area contributed by atoms with Crippen molar-refractivity contribution in [3.8, 4) is 0 Å². The molecule has 35 heavy (non-hydrogen) atoms. The summed E-state index contributed by atoms with van der Waals surface area (Å²) >= 11 is 0. The summed E-state index contributed by atoms with van der Waals surface area (Å²) in [6.07, 6.45) is 5.43. The number of likely N-dealkylation sites (N-methyl/N-ethyl adjacent to an activating group) is 1. The Balaban J connectivity index is 0.000000421. The molecule has 5 rings (SSSR count). The smallest absolute Gasteiger partial charge is 0.320 e. The van der Waals surface area contributed by atoms with Crippen LogP contribution in [0.2, 0.25) is 0 Å². The second-order valence-corrected chi connectivity index (χ2v) is 8.86. The number of likely N-dealkylation sites (tertiary alicyclic amines) is 1. The van der Waals surface area contributed by atoms with Crippen LogP contribution in [-0.2, 0) is 4.74 Å². The lowest BCUT2D eigenvalue weighted by Crippen LogP contribution is -2.57. The van der Waals surface area contributed by atoms with Gasteiger partial charge < -0.3 is 20.8 Å². The number of aromatic nitrogens is 2. The molecule has 4 N–H and O–H groups in total. The molecule has 182 valence electrons. The summed E-state index contributed by atoms with van der Waals surface area (Å²) in [5.41, 5.74) is 3.13. The number of urea groups is 1. The van der Waals surface area contributed by atoms with Gasteiger partial charge in [0.25, 0.3) is 0 Å². The number of hydrogen-bond acceptors (Lipinski definition) is 7. The van der Waals surface area contributed by atoms with Crippen LogP contribution < -0.4 is 16.0 Å². The van der Waals surface area contributed by atoms with Gasteiger partial charge >= 0.3 is 6.03 Å². The maximum atomic E-state index is 12.4. The van der Waals surface area contributed by atoms with E-state index in [0.717, 1.165) is 37.6 Å². The van der Waals surface area contributed by atoms with Crippen LogP contribution in [0.25, 0.3) is 0 Å². The monoisotopic (exact) mass is 473 g/mol. The molecule has 0 saturated carbocycles. The Bertz CT molecular complexity index is 1120. The molecular formula is C26H31N7O2. The van der Waals surface area contributed by atoms with E-state index in [1.807, 2.05) is 55.5 Å². The van der Waals surface area contributed by atoms with Gasteiger partial charge in [-0.15, -0.1) is 0 Å². The molecule has 3 aromatic rings. The molecule has 1 spiro atoms. The van der Waals surface area contributed by atoms with E-state index in [2.05, 4.69) is 37.9 Å². The largest absolute Gasteiger partial charge is 0.377 e. The van der Waals surface area contributed by atoms with Crippen LogP contribution in [0, 0.1) is 12.3 Å². The Labute approximate surface area is 205 Å². The molecule has 9 heteroatoms. The Kier molecular flexibility index (Phi) is 7.69. The second kappa shape index (κ2) is 11.1. The van der Waals surface area contributed by atoms with Crippen molar-refractivity contribution < 1.29 is 9.53 Å². The quantitative estimate of drug-likeness (QED) is 0.419. The summed E-state index contributed by atoms with van der Waals surface area (Å²) in [5.74, 6) is 0.394. The fourth-order valence-corrected chi connectivity index (χ4v) is 4.24. The number of benzene rings is 1. The van der Waals surface area contributed by atoms with Gasteiger partial charge in [0.05, 0.1) is 30.6 Å². The van der Waals surface area contributed by atoms with Gasteiger partial charge in [-0.05, 0) is 38.6 Å². The van der Waals surface area contributed by atoms with E-state index < -0.39 is 0 Å². The Hall–Kier alpha value is -3.82. The molecule has 2 fully saturated rings. The lowest BCUT2D eigenvalue weighted by atomic mass is 9.93. The first-order valence-electron chi connectivity index (χ1n) is 11.5. The molecule has 2 aliphatic heterocycles. The van der Waals surface area contributed by atoms with Gasteiger partial charge in [-0.1, -0.05) is 36.4 Å². The number of hydrogen-bond donors (Lipinski definition) is 4. The van der Waals surface area contributed by atoms with Gasteiger partial charge in [-0.3, -0.25) is 15.2 Å². The van der Waals surface area contributed by atoms with E-state index in [4.69, 9.17) is 10.1 Å². The highest BCUT2D eigenvalue weighted by atomic mass is 16.5. The molecule has 0 radical (unpaired) electrons. The minimum absolute atomic E-state index is 0.0713. The van der Waals surface area contributed by atoms with Gasteiger partial charge in [0.15, 0.2) is 0 Å². The predicted octanol–water partition coefficient (Wildman–Crippen LogP) is 3.81. The number of carbonyl (C=O) groups excluding carboxylic acids is 1. The zero-order valence-corrected chi connectivity index (χ0v) is 20.0. The standard InChI is InChI=1S/C20H25N7O2.C6H6/c1-13-5-15(3-4-22-13)24-17-9-23-18(6-14(17)8-21)26-19(28)25-16-7-20(11-29-12-20)27(2)10-16;1-2-4-6-5-3-1/h3-6,8-9,16,21H,7,10-12H2,1-2H3,(H,22,24)(H2,23,25,26,28);1-6H. The summed E-state index contributed by atoms with van der Waals surface area (Å²) in [6, 6.07) is 17.2. The third-order valence-corrected chi connectivity index (χ3v) is 6.18. The van der Waals surface area contributed by atoms with Crippen molar-refractivity contribution in [1.82, 2.24) is 20.2 Å². The number of carbonyl (C=O) groups is 1. The van der Waals surface area contributed by atoms with E-state index in [-0.39, 0.29) is 17.6 Å². The van der Waals surface area contributed by atoms with E-state index in [1.165, 1.54) is 6.21 Å². The molecule has 0 bridgehead atoms. The highest BCUT2D eigenvalue weighted by Crippen LogP contribution is 2.34. The van der Waals surface area contributed by atoms with Gasteiger partial charge in [0.1, 0.15) is 5.82 Å². The first kappa shape index (κ1) is 24.3. The Morgan fingerprint density at radius 1 is 1.17 bits per heavy atom. The molecule has 1 atom stereocenters. The van der Waals surface area contributed by atoms with Crippen molar-refractivity contribution in [1.29, 1.82) is 5.41 Å². The van der Waals surface area contributed by atoms with Crippen molar-refractivity contribution in [2.24, 2.45) is 0 Å². The maximum absolute atomic E-state index is 12.4. The van der Waals surface area contributed by atoms with Crippen LogP contribution in [0.3, 0.4) is 0 Å². The van der Waals surface area contributed by atoms with Crippen molar-refractivity contribution in [2.75, 3.05) is 37.4 Å². The molecule has 4 heterocycles. The average molecular weight is 474 g/mol. The number of nitrogens with one attached hydrogen (secondary N) is 4. The number of pyridine rings is 2. The molecule has 1 unspecified atom stereocenters. The molecule has 0 aliphatic carbocycles. The van der Waals surface area contributed by atoms with Crippen LogP contribution >= 0.6 is 0 Å². The number of rotatable bonds is 5. The van der Waals surface area contributed by atoms with Crippen molar-refractivity contribution in [2.45, 2.75) is 24.9 Å². The highest BCUT2D eigenvalue weighted by molar-refractivity contribution is 5.92. The summed E-state index contributed by atoms with van der Waals surface area (Å²) < 4.78 is 5.35. The Morgan fingerprint density at radius 2 is 1.89 bits per heavy atom. The van der Waals surface area contributed by atoms with Crippen LogP contribution in [0.15, 0.2) is 67.0 Å².